The van der Waals surface area contributed by atoms with Crippen molar-refractivity contribution in [2.45, 2.75) is 24.4 Å². The van der Waals surface area contributed by atoms with Gasteiger partial charge in [-0.15, -0.1) is 0 Å². The largest absolute Gasteiger partial charge is 0.394 e. The van der Waals surface area contributed by atoms with Crippen molar-refractivity contribution in [2.75, 3.05) is 6.61 Å². The van der Waals surface area contributed by atoms with Crippen LogP contribution in [0.3, 0.4) is 0 Å². The minimum absolute atomic E-state index is 0.00731. The van der Waals surface area contributed by atoms with Gasteiger partial charge in [0.05, 0.1) is 12.2 Å². The van der Waals surface area contributed by atoms with Crippen molar-refractivity contribution in [1.29, 1.82) is 0 Å². The monoisotopic (exact) mass is 244 g/mol. The van der Waals surface area contributed by atoms with Crippen molar-refractivity contribution >= 4 is 0 Å². The van der Waals surface area contributed by atoms with Crippen LogP contribution in [0.25, 0.3) is 0 Å². The lowest BCUT2D eigenvalue weighted by Gasteiger charge is -2.13. The molecule has 4 atom stereocenters. The Bertz CT molecular complexity index is 509. The van der Waals surface area contributed by atoms with Crippen LogP contribution in [0.1, 0.15) is 11.7 Å². The molecule has 0 bridgehead atoms. The first-order valence-corrected chi connectivity index (χ1v) is 4.99. The van der Waals surface area contributed by atoms with Crippen LogP contribution in [0.5, 0.6) is 0 Å². The summed E-state index contributed by atoms with van der Waals surface area (Å²) in [6.45, 7) is -0.476. The lowest BCUT2D eigenvalue weighted by molar-refractivity contribution is -0.0232. The van der Waals surface area contributed by atoms with Gasteiger partial charge in [0.25, 0.3) is 5.56 Å². The smallest absolute Gasteiger partial charge is 0.325 e. The minimum Gasteiger partial charge on any atom is -0.394 e. The highest BCUT2D eigenvalue weighted by Crippen LogP contribution is 2.31. The van der Waals surface area contributed by atoms with Crippen molar-refractivity contribution < 1.29 is 20.1 Å². The van der Waals surface area contributed by atoms with E-state index in [9.17, 15) is 19.8 Å². The van der Waals surface area contributed by atoms with E-state index in [1.54, 1.807) is 0 Å². The van der Waals surface area contributed by atoms with Gasteiger partial charge in [-0.25, -0.2) is 4.79 Å². The first-order valence-electron chi connectivity index (χ1n) is 4.99. The van der Waals surface area contributed by atoms with Gasteiger partial charge >= 0.3 is 5.69 Å². The maximum Gasteiger partial charge on any atom is 0.325 e. The number of aliphatic hydroxyl groups excluding tert-OH is 3. The van der Waals surface area contributed by atoms with Crippen LogP contribution in [0.2, 0.25) is 0 Å². The summed E-state index contributed by atoms with van der Waals surface area (Å²) in [7, 11) is 0. The van der Waals surface area contributed by atoms with E-state index in [-0.39, 0.29) is 5.56 Å². The molecule has 2 rings (SSSR count). The number of H-pyrrole nitrogens is 2. The number of ether oxygens (including phenoxy) is 1. The first-order chi connectivity index (χ1) is 8.04. The van der Waals surface area contributed by atoms with Gasteiger partial charge in [-0.1, -0.05) is 0 Å². The minimum atomic E-state index is -1.33. The molecule has 0 amide bonds. The highest BCUT2D eigenvalue weighted by Gasteiger charge is 2.44. The summed E-state index contributed by atoms with van der Waals surface area (Å²) in [5, 5.41) is 28.1. The second kappa shape index (κ2) is 4.41. The lowest BCUT2D eigenvalue weighted by Crippen LogP contribution is -2.34. The molecule has 1 aromatic rings. The molecule has 0 aromatic carbocycles. The van der Waals surface area contributed by atoms with Crippen LogP contribution in [-0.4, -0.2) is 50.2 Å². The molecule has 1 saturated heterocycles. The Hall–Kier alpha value is -1.48. The molecule has 17 heavy (non-hydrogen) atoms. The molecule has 94 valence electrons. The van der Waals surface area contributed by atoms with E-state index in [0.717, 1.165) is 6.20 Å². The highest BCUT2D eigenvalue weighted by atomic mass is 16.6. The summed E-state index contributed by atoms with van der Waals surface area (Å²) in [6, 6.07) is 0. The van der Waals surface area contributed by atoms with E-state index < -0.39 is 42.3 Å². The number of hydrogen-bond acceptors (Lipinski definition) is 6. The van der Waals surface area contributed by atoms with Crippen molar-refractivity contribution in [3.05, 3.63) is 32.6 Å². The van der Waals surface area contributed by atoms with Gasteiger partial charge in [-0.3, -0.25) is 9.78 Å². The fraction of sp³-hybridized carbons (Fsp3) is 0.556. The standard InChI is InChI=1S/C9H12N2O6/c12-2-4-5(13)6(14)7(17-4)3-1-10-9(16)11-8(3)15/h1,4-7,12-14H,2H2,(H2,10,11,15,16)/t4-,5-,6-,7?/m0/s1. The van der Waals surface area contributed by atoms with Crippen molar-refractivity contribution in [1.82, 2.24) is 9.97 Å². The maximum absolute atomic E-state index is 11.5. The van der Waals surface area contributed by atoms with Gasteiger partial charge in [0.15, 0.2) is 0 Å². The molecule has 1 aliphatic heterocycles. The Labute approximate surface area is 94.5 Å². The Kier molecular flexibility index (Phi) is 3.11. The average molecular weight is 244 g/mol. The van der Waals surface area contributed by atoms with Crippen molar-refractivity contribution in [2.24, 2.45) is 0 Å². The summed E-state index contributed by atoms with van der Waals surface area (Å²) in [4.78, 5) is 26.5. The fourth-order valence-electron chi connectivity index (χ4n) is 1.79. The second-order valence-corrected chi connectivity index (χ2v) is 3.79. The molecule has 0 radical (unpaired) electrons. The summed E-state index contributed by atoms with van der Waals surface area (Å²) >= 11 is 0. The fourth-order valence-corrected chi connectivity index (χ4v) is 1.79. The molecule has 1 aliphatic rings. The van der Waals surface area contributed by atoms with Gasteiger partial charge in [0.1, 0.15) is 24.4 Å². The molecule has 2 heterocycles. The second-order valence-electron chi connectivity index (χ2n) is 3.79. The molecule has 1 fully saturated rings. The molecule has 5 N–H and O–H groups in total. The topological polar surface area (TPSA) is 136 Å². The zero-order valence-electron chi connectivity index (χ0n) is 8.66. The number of aromatic amines is 2. The van der Waals surface area contributed by atoms with E-state index >= 15 is 0 Å². The van der Waals surface area contributed by atoms with E-state index in [1.807, 2.05) is 4.98 Å². The molecule has 0 spiro atoms. The molecule has 0 saturated carbocycles. The lowest BCUT2D eigenvalue weighted by atomic mass is 10.0. The Morgan fingerprint density at radius 3 is 2.53 bits per heavy atom. The third-order valence-corrected chi connectivity index (χ3v) is 2.70. The molecule has 8 nitrogen and oxygen atoms in total. The van der Waals surface area contributed by atoms with E-state index in [0.29, 0.717) is 0 Å². The normalized spacial score (nSPS) is 32.9. The predicted octanol–water partition coefficient (Wildman–Crippen LogP) is -2.78. The van der Waals surface area contributed by atoms with E-state index in [2.05, 4.69) is 4.98 Å². The zero-order chi connectivity index (χ0) is 12.6. The van der Waals surface area contributed by atoms with Crippen molar-refractivity contribution in [3.8, 4) is 0 Å². The van der Waals surface area contributed by atoms with Crippen LogP contribution in [0.4, 0.5) is 0 Å². The summed E-state index contributed by atoms with van der Waals surface area (Å²) in [5.74, 6) is 0. The third kappa shape index (κ3) is 2.03. The van der Waals surface area contributed by atoms with Crippen LogP contribution < -0.4 is 11.2 Å². The van der Waals surface area contributed by atoms with Crippen LogP contribution in [-0.2, 0) is 4.74 Å². The van der Waals surface area contributed by atoms with E-state index in [1.165, 1.54) is 0 Å². The quantitative estimate of drug-likeness (QED) is 0.382. The number of aliphatic hydroxyl groups is 3. The zero-order valence-corrected chi connectivity index (χ0v) is 8.66. The first kappa shape index (κ1) is 12.0. The molecule has 1 unspecified atom stereocenters. The summed E-state index contributed by atoms with van der Waals surface area (Å²) in [5.41, 5.74) is -1.39. The van der Waals surface area contributed by atoms with Crippen molar-refractivity contribution in [3.63, 3.8) is 0 Å². The van der Waals surface area contributed by atoms with E-state index in [4.69, 9.17) is 9.84 Å². The molecule has 0 aliphatic carbocycles. The van der Waals surface area contributed by atoms with Gasteiger partial charge < -0.3 is 25.0 Å². The maximum atomic E-state index is 11.5. The highest BCUT2D eigenvalue weighted by molar-refractivity contribution is 5.13. The van der Waals surface area contributed by atoms with Gasteiger partial charge in [0, 0.05) is 6.20 Å². The molecular weight excluding hydrogens is 232 g/mol. The molecule has 1 aromatic heterocycles. The Balaban J connectivity index is 2.35. The average Bonchev–Trinajstić information content (AvgIpc) is 2.57. The van der Waals surface area contributed by atoms with Gasteiger partial charge in [-0.2, -0.15) is 0 Å². The number of rotatable bonds is 2. The van der Waals surface area contributed by atoms with Crippen LogP contribution in [0.15, 0.2) is 15.8 Å². The number of hydrogen-bond donors (Lipinski definition) is 5. The summed E-state index contributed by atoms with van der Waals surface area (Å²) < 4.78 is 5.15. The number of nitrogens with one attached hydrogen (secondary N) is 2. The number of aromatic nitrogens is 2. The Morgan fingerprint density at radius 2 is 2.00 bits per heavy atom. The van der Waals surface area contributed by atoms with Crippen LogP contribution in [0, 0.1) is 0 Å². The predicted molar refractivity (Wildman–Crippen MR) is 54.4 cm³/mol. The third-order valence-electron chi connectivity index (χ3n) is 2.70. The summed E-state index contributed by atoms with van der Waals surface area (Å²) in [6.07, 6.45) is -3.54. The Morgan fingerprint density at radius 1 is 1.29 bits per heavy atom. The van der Waals surface area contributed by atoms with Gasteiger partial charge in [-0.05, 0) is 0 Å². The molecular formula is C9H12N2O6. The molecule has 8 heteroatoms. The SMILES string of the molecule is O=c1[nH]cc(C2O[C@@H](CO)[C@H](O)[C@@H]2O)c(=O)[nH]1. The van der Waals surface area contributed by atoms with Crippen LogP contribution >= 0.6 is 0 Å². The van der Waals surface area contributed by atoms with Gasteiger partial charge in [0.2, 0.25) is 0 Å².